The number of rotatable bonds is 1. The van der Waals surface area contributed by atoms with Gasteiger partial charge in [-0.25, -0.2) is 4.79 Å². The molecule has 2 saturated heterocycles. The molecular weight excluding hydrogens is 226 g/mol. The lowest BCUT2D eigenvalue weighted by Crippen LogP contribution is -2.60. The quantitative estimate of drug-likeness (QED) is 0.511. The summed E-state index contributed by atoms with van der Waals surface area (Å²) in [6.07, 6.45) is -0.317. The van der Waals surface area contributed by atoms with Crippen molar-refractivity contribution in [2.24, 2.45) is 5.92 Å². The molecule has 0 aromatic carbocycles. The van der Waals surface area contributed by atoms with Crippen LogP contribution in [0.25, 0.3) is 0 Å². The van der Waals surface area contributed by atoms with Gasteiger partial charge in [-0.05, 0) is 6.42 Å². The van der Waals surface area contributed by atoms with Gasteiger partial charge in [0.25, 0.3) is 0 Å². The van der Waals surface area contributed by atoms with Crippen molar-refractivity contribution < 1.29 is 19.5 Å². The smallest absolute Gasteiger partial charge is 0.407 e. The lowest BCUT2D eigenvalue weighted by atomic mass is 9.88. The van der Waals surface area contributed by atoms with Crippen molar-refractivity contribution in [1.29, 1.82) is 0 Å². The Bertz CT molecular complexity index is 357. The molecule has 3 amide bonds. The lowest BCUT2D eigenvalue weighted by molar-refractivity contribution is -0.138. The SMILES string of the molecule is O=C1CCC(C2CNCCN2C(=O)O)C(=O)N1. The maximum absolute atomic E-state index is 11.7. The van der Waals surface area contributed by atoms with Crippen LogP contribution in [0.4, 0.5) is 4.79 Å². The van der Waals surface area contributed by atoms with E-state index in [1.54, 1.807) is 0 Å². The summed E-state index contributed by atoms with van der Waals surface area (Å²) in [7, 11) is 0. The van der Waals surface area contributed by atoms with Gasteiger partial charge in [0.2, 0.25) is 11.8 Å². The van der Waals surface area contributed by atoms with Crippen molar-refractivity contribution in [1.82, 2.24) is 15.5 Å². The molecule has 2 aliphatic rings. The molecule has 2 atom stereocenters. The van der Waals surface area contributed by atoms with Crippen LogP contribution in [0, 0.1) is 5.92 Å². The second-order valence-corrected chi connectivity index (χ2v) is 4.31. The van der Waals surface area contributed by atoms with Crippen LogP contribution in [-0.4, -0.2) is 53.6 Å². The van der Waals surface area contributed by atoms with Gasteiger partial charge in [-0.3, -0.25) is 14.9 Å². The highest BCUT2D eigenvalue weighted by atomic mass is 16.4. The fourth-order valence-corrected chi connectivity index (χ4v) is 2.40. The van der Waals surface area contributed by atoms with Crippen LogP contribution in [0.5, 0.6) is 0 Å². The number of nitrogens with zero attached hydrogens (tertiary/aromatic N) is 1. The Morgan fingerprint density at radius 2 is 2.18 bits per heavy atom. The first-order valence-electron chi connectivity index (χ1n) is 5.63. The molecule has 0 aromatic rings. The fourth-order valence-electron chi connectivity index (χ4n) is 2.40. The second kappa shape index (κ2) is 4.70. The number of hydrogen-bond donors (Lipinski definition) is 3. The molecule has 0 aromatic heterocycles. The molecule has 2 heterocycles. The Morgan fingerprint density at radius 1 is 1.41 bits per heavy atom. The standard InChI is InChI=1S/C10H15N3O4/c14-8-2-1-6(9(15)12-8)7-5-11-3-4-13(7)10(16)17/h6-7,11H,1-5H2,(H,16,17)(H,12,14,15). The number of carbonyl (C=O) groups excluding carboxylic acids is 2. The van der Waals surface area contributed by atoms with Crippen LogP contribution in [0.3, 0.4) is 0 Å². The zero-order valence-electron chi connectivity index (χ0n) is 9.31. The minimum Gasteiger partial charge on any atom is -0.465 e. The van der Waals surface area contributed by atoms with Crippen LogP contribution in [0.1, 0.15) is 12.8 Å². The summed E-state index contributed by atoms with van der Waals surface area (Å²) >= 11 is 0. The van der Waals surface area contributed by atoms with E-state index < -0.39 is 12.0 Å². The number of hydrogen-bond acceptors (Lipinski definition) is 4. The minimum atomic E-state index is -1.01. The number of amides is 3. The topological polar surface area (TPSA) is 98.7 Å². The van der Waals surface area contributed by atoms with Crippen molar-refractivity contribution in [2.75, 3.05) is 19.6 Å². The lowest BCUT2D eigenvalue weighted by Gasteiger charge is -2.39. The van der Waals surface area contributed by atoms with Gasteiger partial charge in [0, 0.05) is 26.1 Å². The summed E-state index contributed by atoms with van der Waals surface area (Å²) in [6.45, 7) is 1.42. The number of carbonyl (C=O) groups is 3. The van der Waals surface area contributed by atoms with Crippen LogP contribution in [0.15, 0.2) is 0 Å². The molecule has 2 unspecified atom stereocenters. The second-order valence-electron chi connectivity index (χ2n) is 4.31. The van der Waals surface area contributed by atoms with Gasteiger partial charge in [-0.1, -0.05) is 0 Å². The Hall–Kier alpha value is -1.63. The monoisotopic (exact) mass is 241 g/mol. The van der Waals surface area contributed by atoms with Gasteiger partial charge in [0.15, 0.2) is 0 Å². The van der Waals surface area contributed by atoms with E-state index in [9.17, 15) is 14.4 Å². The molecule has 2 aliphatic heterocycles. The van der Waals surface area contributed by atoms with E-state index in [0.717, 1.165) is 0 Å². The van der Waals surface area contributed by atoms with Crippen molar-refractivity contribution in [3.63, 3.8) is 0 Å². The van der Waals surface area contributed by atoms with Gasteiger partial charge < -0.3 is 15.3 Å². The average Bonchev–Trinajstić information content (AvgIpc) is 2.29. The number of piperidine rings is 1. The predicted octanol–water partition coefficient (Wildman–Crippen LogP) is -1.01. The number of imide groups is 1. The summed E-state index contributed by atoms with van der Waals surface area (Å²) in [4.78, 5) is 35.1. The first-order chi connectivity index (χ1) is 8.09. The first kappa shape index (κ1) is 11.8. The molecule has 17 heavy (non-hydrogen) atoms. The van der Waals surface area contributed by atoms with Crippen molar-refractivity contribution in [3.05, 3.63) is 0 Å². The van der Waals surface area contributed by atoms with E-state index >= 15 is 0 Å². The predicted molar refractivity (Wildman–Crippen MR) is 57.3 cm³/mol. The van der Waals surface area contributed by atoms with E-state index in [-0.39, 0.29) is 24.3 Å². The Kier molecular flexibility index (Phi) is 3.28. The Balaban J connectivity index is 2.11. The van der Waals surface area contributed by atoms with E-state index in [0.29, 0.717) is 26.1 Å². The number of nitrogens with one attached hydrogen (secondary N) is 2. The molecule has 0 aliphatic carbocycles. The van der Waals surface area contributed by atoms with E-state index in [1.807, 2.05) is 0 Å². The largest absolute Gasteiger partial charge is 0.465 e. The molecule has 0 radical (unpaired) electrons. The van der Waals surface area contributed by atoms with Crippen molar-refractivity contribution >= 4 is 17.9 Å². The normalized spacial score (nSPS) is 30.0. The Labute approximate surface area is 98.2 Å². The number of carboxylic acid groups (broad SMARTS) is 1. The average molecular weight is 241 g/mol. The van der Waals surface area contributed by atoms with Crippen LogP contribution < -0.4 is 10.6 Å². The third kappa shape index (κ3) is 2.38. The highest BCUT2D eigenvalue weighted by molar-refractivity contribution is 5.99. The summed E-state index contributed by atoms with van der Waals surface area (Å²) in [6, 6.07) is -0.380. The van der Waals surface area contributed by atoms with E-state index in [2.05, 4.69) is 10.6 Å². The molecule has 0 bridgehead atoms. The maximum atomic E-state index is 11.7. The minimum absolute atomic E-state index is 0.278. The van der Waals surface area contributed by atoms with Gasteiger partial charge in [-0.15, -0.1) is 0 Å². The van der Waals surface area contributed by atoms with Crippen LogP contribution >= 0.6 is 0 Å². The van der Waals surface area contributed by atoms with Gasteiger partial charge in [0.05, 0.1) is 12.0 Å². The van der Waals surface area contributed by atoms with Gasteiger partial charge >= 0.3 is 6.09 Å². The summed E-state index contributed by atoms with van der Waals surface area (Å²) in [5.74, 6) is -1.07. The molecular formula is C10H15N3O4. The molecule has 7 heteroatoms. The van der Waals surface area contributed by atoms with Crippen molar-refractivity contribution in [3.8, 4) is 0 Å². The zero-order chi connectivity index (χ0) is 12.4. The van der Waals surface area contributed by atoms with Crippen molar-refractivity contribution in [2.45, 2.75) is 18.9 Å². The molecule has 3 N–H and O–H groups in total. The summed E-state index contributed by atoms with van der Waals surface area (Å²) in [5.41, 5.74) is 0. The van der Waals surface area contributed by atoms with Crippen LogP contribution in [-0.2, 0) is 9.59 Å². The maximum Gasteiger partial charge on any atom is 0.407 e. The zero-order valence-corrected chi connectivity index (χ0v) is 9.31. The van der Waals surface area contributed by atoms with E-state index in [1.165, 1.54) is 4.90 Å². The number of piperazine rings is 1. The van der Waals surface area contributed by atoms with E-state index in [4.69, 9.17) is 5.11 Å². The molecule has 2 fully saturated rings. The molecule has 94 valence electrons. The third-order valence-electron chi connectivity index (χ3n) is 3.28. The molecule has 2 rings (SSSR count). The highest BCUT2D eigenvalue weighted by Crippen LogP contribution is 2.22. The third-order valence-corrected chi connectivity index (χ3v) is 3.28. The van der Waals surface area contributed by atoms with Gasteiger partial charge in [0.1, 0.15) is 0 Å². The van der Waals surface area contributed by atoms with Gasteiger partial charge in [-0.2, -0.15) is 0 Å². The molecule has 0 spiro atoms. The fraction of sp³-hybridized carbons (Fsp3) is 0.700. The molecule has 0 saturated carbocycles. The Morgan fingerprint density at radius 3 is 2.82 bits per heavy atom. The first-order valence-corrected chi connectivity index (χ1v) is 5.63. The molecule has 7 nitrogen and oxygen atoms in total. The summed E-state index contributed by atoms with van der Waals surface area (Å²) < 4.78 is 0. The highest BCUT2D eigenvalue weighted by Gasteiger charge is 2.39. The van der Waals surface area contributed by atoms with Crippen LogP contribution in [0.2, 0.25) is 0 Å². The summed E-state index contributed by atoms with van der Waals surface area (Å²) in [5, 5.41) is 14.4.